The van der Waals surface area contributed by atoms with E-state index in [1.54, 1.807) is 24.3 Å². The summed E-state index contributed by atoms with van der Waals surface area (Å²) in [5.41, 5.74) is 1.05. The van der Waals surface area contributed by atoms with Crippen LogP contribution in [0.5, 0.6) is 0 Å². The molecule has 0 amide bonds. The molecule has 1 aromatic carbocycles. The third-order valence-corrected chi connectivity index (χ3v) is 1.67. The Bertz CT molecular complexity index is 394. The lowest BCUT2D eigenvalue weighted by atomic mass is 10.2. The first-order valence-electron chi connectivity index (χ1n) is 3.66. The summed E-state index contributed by atoms with van der Waals surface area (Å²) in [5.74, 6) is -0.347. The fraction of sp³-hybridized carbons (Fsp3) is 0.125. The number of hydrogen-bond acceptors (Lipinski definition) is 5. The third kappa shape index (κ3) is 3.43. The monoisotopic (exact) mass is 208 g/mol. The summed E-state index contributed by atoms with van der Waals surface area (Å²) in [4.78, 5) is 0. The van der Waals surface area contributed by atoms with Crippen molar-refractivity contribution in [1.29, 1.82) is 5.26 Å². The van der Waals surface area contributed by atoms with E-state index in [0.29, 0.717) is 11.3 Å². The van der Waals surface area contributed by atoms with Gasteiger partial charge in [0, 0.05) is 0 Å². The van der Waals surface area contributed by atoms with Crippen molar-refractivity contribution in [2.45, 2.75) is 0 Å². The van der Waals surface area contributed by atoms with Crippen LogP contribution >= 0.6 is 0 Å². The van der Waals surface area contributed by atoms with E-state index in [1.165, 1.54) is 0 Å². The van der Waals surface area contributed by atoms with Crippen LogP contribution in [-0.2, 0) is 11.1 Å². The van der Waals surface area contributed by atoms with E-state index in [4.69, 9.17) is 5.26 Å². The molecular formula is C8H6N3O2S-. The first-order valence-corrected chi connectivity index (χ1v) is 4.90. The van der Waals surface area contributed by atoms with Gasteiger partial charge < -0.3 is 4.55 Å². The molecule has 0 aliphatic rings. The molecule has 1 aromatic rings. The van der Waals surface area contributed by atoms with Crippen LogP contribution in [0, 0.1) is 11.3 Å². The molecule has 0 aliphatic carbocycles. The van der Waals surface area contributed by atoms with Crippen LogP contribution < -0.4 is 0 Å². The highest BCUT2D eigenvalue weighted by molar-refractivity contribution is 7.79. The Labute approximate surface area is 83.4 Å². The maximum atomic E-state index is 10.1. The van der Waals surface area contributed by atoms with Gasteiger partial charge in [0.05, 0.1) is 17.3 Å². The van der Waals surface area contributed by atoms with Crippen molar-refractivity contribution >= 4 is 16.8 Å². The predicted octanol–water partition coefficient (Wildman–Crippen LogP) is 1.48. The number of benzene rings is 1. The average molecular weight is 208 g/mol. The molecule has 0 aromatic heterocycles. The highest BCUT2D eigenvalue weighted by Gasteiger charge is 1.90. The Morgan fingerprint density at radius 3 is 2.57 bits per heavy atom. The van der Waals surface area contributed by atoms with Gasteiger partial charge in [-0.05, 0) is 35.3 Å². The third-order valence-electron chi connectivity index (χ3n) is 1.35. The van der Waals surface area contributed by atoms with Crippen LogP contribution in [0.3, 0.4) is 0 Å². The van der Waals surface area contributed by atoms with Crippen LogP contribution in [0.15, 0.2) is 34.5 Å². The maximum Gasteiger partial charge on any atom is 0.122 e. The van der Waals surface area contributed by atoms with Gasteiger partial charge in [-0.2, -0.15) is 15.5 Å². The molecular weight excluding hydrogens is 202 g/mol. The van der Waals surface area contributed by atoms with Gasteiger partial charge >= 0.3 is 0 Å². The highest BCUT2D eigenvalue weighted by atomic mass is 32.2. The zero-order valence-electron chi connectivity index (χ0n) is 7.08. The van der Waals surface area contributed by atoms with Crippen molar-refractivity contribution in [2.75, 3.05) is 5.88 Å². The Morgan fingerprint density at radius 1 is 1.43 bits per heavy atom. The normalized spacial score (nSPS) is 12.6. The summed E-state index contributed by atoms with van der Waals surface area (Å²) < 4.78 is 20.2. The number of nitrogens with zero attached hydrogens (tertiary/aromatic N) is 3. The topological polar surface area (TPSA) is 88.6 Å². The lowest BCUT2D eigenvalue weighted by Gasteiger charge is -1.97. The van der Waals surface area contributed by atoms with Gasteiger partial charge in [-0.15, -0.1) is 0 Å². The first kappa shape index (κ1) is 10.5. The standard InChI is InChI=1S/C8H7N3O2S/c9-5-7-1-3-8(4-2-7)11-10-6-14(12)13/h1-4H,6H2,(H,12,13)/p-1. The molecule has 0 spiro atoms. The lowest BCUT2D eigenvalue weighted by molar-refractivity contribution is 0.536. The summed E-state index contributed by atoms with van der Waals surface area (Å²) in [6, 6.07) is 8.32. The summed E-state index contributed by atoms with van der Waals surface area (Å²) in [5, 5.41) is 15.6. The van der Waals surface area contributed by atoms with Gasteiger partial charge in [-0.1, -0.05) is 0 Å². The van der Waals surface area contributed by atoms with Gasteiger partial charge in [0.2, 0.25) is 0 Å². The fourth-order valence-corrected chi connectivity index (χ4v) is 0.912. The molecule has 5 nitrogen and oxygen atoms in total. The summed E-state index contributed by atoms with van der Waals surface area (Å²) in [6.07, 6.45) is 0. The molecule has 1 unspecified atom stereocenters. The molecule has 14 heavy (non-hydrogen) atoms. The minimum Gasteiger partial charge on any atom is -0.771 e. The predicted molar refractivity (Wildman–Crippen MR) is 49.5 cm³/mol. The minimum absolute atomic E-state index is 0.347. The van der Waals surface area contributed by atoms with Crippen LogP contribution in [0.1, 0.15) is 5.56 Å². The van der Waals surface area contributed by atoms with E-state index in [-0.39, 0.29) is 5.88 Å². The molecule has 0 fully saturated rings. The zero-order valence-corrected chi connectivity index (χ0v) is 7.90. The molecule has 0 saturated carbocycles. The van der Waals surface area contributed by atoms with Crippen molar-refractivity contribution in [1.82, 2.24) is 0 Å². The second kappa shape index (κ2) is 5.21. The maximum absolute atomic E-state index is 10.1. The SMILES string of the molecule is N#Cc1ccc(N=NCS(=O)[O-])cc1. The minimum atomic E-state index is -2.21. The molecule has 1 rings (SSSR count). The summed E-state index contributed by atoms with van der Waals surface area (Å²) in [6.45, 7) is 0. The van der Waals surface area contributed by atoms with Crippen LogP contribution in [0.25, 0.3) is 0 Å². The van der Waals surface area contributed by atoms with Gasteiger partial charge in [-0.3, -0.25) is 4.21 Å². The van der Waals surface area contributed by atoms with Crippen LogP contribution in [-0.4, -0.2) is 14.6 Å². The van der Waals surface area contributed by atoms with Crippen molar-refractivity contribution in [3.05, 3.63) is 29.8 Å². The molecule has 0 radical (unpaired) electrons. The molecule has 0 saturated heterocycles. The second-order valence-corrected chi connectivity index (χ2v) is 3.20. The Balaban J connectivity index is 2.65. The van der Waals surface area contributed by atoms with E-state index < -0.39 is 11.1 Å². The fourth-order valence-electron chi connectivity index (χ4n) is 0.760. The molecule has 1 atom stereocenters. The van der Waals surface area contributed by atoms with Crippen molar-refractivity contribution < 1.29 is 8.76 Å². The molecule has 6 heteroatoms. The second-order valence-electron chi connectivity index (χ2n) is 2.33. The Kier molecular flexibility index (Phi) is 3.91. The van der Waals surface area contributed by atoms with Crippen LogP contribution in [0.2, 0.25) is 0 Å². The number of azo groups is 1. The van der Waals surface area contributed by atoms with Gasteiger partial charge in [-0.25, -0.2) is 0 Å². The van der Waals surface area contributed by atoms with E-state index in [0.717, 1.165) is 0 Å². The van der Waals surface area contributed by atoms with Crippen LogP contribution in [0.4, 0.5) is 5.69 Å². The van der Waals surface area contributed by atoms with Crippen molar-refractivity contribution in [3.8, 4) is 6.07 Å². The Hall–Kier alpha value is -1.58. The quantitative estimate of drug-likeness (QED) is 0.556. The lowest BCUT2D eigenvalue weighted by Crippen LogP contribution is -1.88. The highest BCUT2D eigenvalue weighted by Crippen LogP contribution is 2.12. The summed E-state index contributed by atoms with van der Waals surface area (Å²) in [7, 11) is 0. The van der Waals surface area contributed by atoms with Gasteiger partial charge in [0.25, 0.3) is 0 Å². The molecule has 0 bridgehead atoms. The van der Waals surface area contributed by atoms with E-state index in [2.05, 4.69) is 10.2 Å². The largest absolute Gasteiger partial charge is 0.771 e. The van der Waals surface area contributed by atoms with E-state index in [9.17, 15) is 8.76 Å². The number of hydrogen-bond donors (Lipinski definition) is 0. The first-order chi connectivity index (χ1) is 6.72. The molecule has 0 heterocycles. The van der Waals surface area contributed by atoms with Crippen molar-refractivity contribution in [3.63, 3.8) is 0 Å². The van der Waals surface area contributed by atoms with Crippen molar-refractivity contribution in [2.24, 2.45) is 10.2 Å². The van der Waals surface area contributed by atoms with E-state index in [1.807, 2.05) is 6.07 Å². The number of nitriles is 1. The Morgan fingerprint density at radius 2 is 2.07 bits per heavy atom. The van der Waals surface area contributed by atoms with Gasteiger partial charge in [0.15, 0.2) is 0 Å². The zero-order chi connectivity index (χ0) is 10.4. The van der Waals surface area contributed by atoms with E-state index >= 15 is 0 Å². The molecule has 72 valence electrons. The smallest absolute Gasteiger partial charge is 0.122 e. The summed E-state index contributed by atoms with van der Waals surface area (Å²) >= 11 is -2.21. The van der Waals surface area contributed by atoms with Gasteiger partial charge in [0.1, 0.15) is 5.88 Å². The molecule has 0 N–H and O–H groups in total. The number of rotatable bonds is 3. The average Bonchev–Trinajstić information content (AvgIpc) is 2.18. The molecule has 0 aliphatic heterocycles.